The SMILES string of the molecule is Fc1ccccc1OCC1CN(Cc2ccccc2)CCO1. The van der Waals surface area contributed by atoms with Crippen molar-refractivity contribution in [3.63, 3.8) is 0 Å². The van der Waals surface area contributed by atoms with Crippen LogP contribution in [0.3, 0.4) is 0 Å². The maximum atomic E-state index is 13.5. The Labute approximate surface area is 130 Å². The molecule has 0 N–H and O–H groups in total. The molecule has 1 aliphatic rings. The van der Waals surface area contributed by atoms with Crippen molar-refractivity contribution in [2.45, 2.75) is 12.6 Å². The monoisotopic (exact) mass is 301 g/mol. The summed E-state index contributed by atoms with van der Waals surface area (Å²) in [4.78, 5) is 2.34. The highest BCUT2D eigenvalue weighted by atomic mass is 19.1. The van der Waals surface area contributed by atoms with E-state index in [1.165, 1.54) is 11.6 Å². The summed E-state index contributed by atoms with van der Waals surface area (Å²) in [5, 5.41) is 0. The smallest absolute Gasteiger partial charge is 0.165 e. The Kier molecular flexibility index (Phi) is 5.03. The first-order valence-electron chi connectivity index (χ1n) is 7.56. The number of morpholine rings is 1. The number of halogens is 1. The number of rotatable bonds is 5. The van der Waals surface area contributed by atoms with Gasteiger partial charge in [0.25, 0.3) is 0 Å². The lowest BCUT2D eigenvalue weighted by molar-refractivity contribution is -0.0508. The summed E-state index contributed by atoms with van der Waals surface area (Å²) in [6.07, 6.45) is -0.0305. The standard InChI is InChI=1S/C18H20FNO2/c19-17-8-4-5-9-18(17)22-14-16-13-20(10-11-21-16)12-15-6-2-1-3-7-15/h1-9,16H,10-14H2. The van der Waals surface area contributed by atoms with Crippen molar-refractivity contribution >= 4 is 0 Å². The first kappa shape index (κ1) is 15.0. The van der Waals surface area contributed by atoms with Gasteiger partial charge in [-0.25, -0.2) is 4.39 Å². The summed E-state index contributed by atoms with van der Waals surface area (Å²) in [5.74, 6) is -0.0502. The molecule has 2 aromatic rings. The summed E-state index contributed by atoms with van der Waals surface area (Å²) in [6.45, 7) is 3.65. The van der Waals surface area contributed by atoms with Gasteiger partial charge < -0.3 is 9.47 Å². The van der Waals surface area contributed by atoms with Crippen molar-refractivity contribution < 1.29 is 13.9 Å². The van der Waals surface area contributed by atoms with Gasteiger partial charge in [0.2, 0.25) is 0 Å². The summed E-state index contributed by atoms with van der Waals surface area (Å²) in [5.41, 5.74) is 1.29. The van der Waals surface area contributed by atoms with Gasteiger partial charge in [0.15, 0.2) is 11.6 Å². The van der Waals surface area contributed by atoms with Crippen LogP contribution < -0.4 is 4.74 Å². The van der Waals surface area contributed by atoms with Gasteiger partial charge in [0.1, 0.15) is 12.7 Å². The minimum atomic E-state index is -0.334. The van der Waals surface area contributed by atoms with Crippen LogP contribution in [0.25, 0.3) is 0 Å². The van der Waals surface area contributed by atoms with Crippen LogP contribution in [0.1, 0.15) is 5.56 Å². The van der Waals surface area contributed by atoms with E-state index in [2.05, 4.69) is 29.2 Å². The Hall–Kier alpha value is -1.91. The quantitative estimate of drug-likeness (QED) is 0.847. The van der Waals surface area contributed by atoms with Gasteiger partial charge in [-0.05, 0) is 17.7 Å². The molecule has 0 aliphatic carbocycles. The molecular weight excluding hydrogens is 281 g/mol. The molecule has 1 fully saturated rings. The molecule has 0 saturated carbocycles. The highest BCUT2D eigenvalue weighted by Gasteiger charge is 2.21. The second kappa shape index (κ2) is 7.38. The van der Waals surface area contributed by atoms with Crippen LogP contribution >= 0.6 is 0 Å². The largest absolute Gasteiger partial charge is 0.488 e. The lowest BCUT2D eigenvalue weighted by Gasteiger charge is -2.32. The third-order valence-electron chi connectivity index (χ3n) is 3.73. The van der Waals surface area contributed by atoms with Crippen LogP contribution in [0.5, 0.6) is 5.75 Å². The molecule has 1 unspecified atom stereocenters. The minimum absolute atomic E-state index is 0.0305. The third-order valence-corrected chi connectivity index (χ3v) is 3.73. The van der Waals surface area contributed by atoms with Crippen LogP contribution in [-0.4, -0.2) is 37.3 Å². The van der Waals surface area contributed by atoms with Crippen molar-refractivity contribution in [3.05, 3.63) is 66.0 Å². The number of ether oxygens (including phenoxy) is 2. The molecule has 0 amide bonds. The molecule has 0 bridgehead atoms. The zero-order valence-electron chi connectivity index (χ0n) is 12.5. The maximum Gasteiger partial charge on any atom is 0.165 e. The van der Waals surface area contributed by atoms with Gasteiger partial charge in [-0.15, -0.1) is 0 Å². The van der Waals surface area contributed by atoms with Gasteiger partial charge in [-0.3, -0.25) is 4.90 Å². The van der Waals surface area contributed by atoms with E-state index >= 15 is 0 Å². The number of benzene rings is 2. The van der Waals surface area contributed by atoms with Crippen molar-refractivity contribution in [1.82, 2.24) is 4.90 Å². The van der Waals surface area contributed by atoms with E-state index in [0.717, 1.165) is 19.6 Å². The van der Waals surface area contributed by atoms with Crippen LogP contribution in [0, 0.1) is 5.82 Å². The van der Waals surface area contributed by atoms with Crippen molar-refractivity contribution in [3.8, 4) is 5.75 Å². The van der Waals surface area contributed by atoms with E-state index in [0.29, 0.717) is 13.2 Å². The van der Waals surface area contributed by atoms with E-state index < -0.39 is 0 Å². The second-order valence-electron chi connectivity index (χ2n) is 5.45. The summed E-state index contributed by atoms with van der Waals surface area (Å²) in [6, 6.07) is 16.8. The molecule has 0 radical (unpaired) electrons. The van der Waals surface area contributed by atoms with Crippen LogP contribution in [-0.2, 0) is 11.3 Å². The van der Waals surface area contributed by atoms with Crippen LogP contribution in [0.15, 0.2) is 54.6 Å². The first-order chi connectivity index (χ1) is 10.8. The molecule has 1 atom stereocenters. The molecule has 1 aliphatic heterocycles. The number of para-hydroxylation sites is 1. The average Bonchev–Trinajstić information content (AvgIpc) is 2.55. The lowest BCUT2D eigenvalue weighted by Crippen LogP contribution is -2.44. The maximum absolute atomic E-state index is 13.5. The summed E-state index contributed by atoms with van der Waals surface area (Å²) >= 11 is 0. The van der Waals surface area contributed by atoms with Crippen molar-refractivity contribution in [1.29, 1.82) is 0 Å². The molecule has 2 aromatic carbocycles. The molecule has 1 saturated heterocycles. The van der Waals surface area contributed by atoms with E-state index in [4.69, 9.17) is 9.47 Å². The fraction of sp³-hybridized carbons (Fsp3) is 0.333. The Balaban J connectivity index is 1.51. The van der Waals surface area contributed by atoms with Gasteiger partial charge in [-0.1, -0.05) is 42.5 Å². The van der Waals surface area contributed by atoms with E-state index in [1.807, 2.05) is 6.07 Å². The summed E-state index contributed by atoms with van der Waals surface area (Å²) < 4.78 is 24.8. The first-order valence-corrected chi connectivity index (χ1v) is 7.56. The predicted octanol–water partition coefficient (Wildman–Crippen LogP) is 3.11. The number of nitrogens with zero attached hydrogens (tertiary/aromatic N) is 1. The average molecular weight is 301 g/mol. The molecule has 4 heteroatoms. The molecular formula is C18H20FNO2. The van der Waals surface area contributed by atoms with Gasteiger partial charge >= 0.3 is 0 Å². The topological polar surface area (TPSA) is 21.7 Å². The van der Waals surface area contributed by atoms with Gasteiger partial charge in [0, 0.05) is 19.6 Å². The number of hydrogen-bond acceptors (Lipinski definition) is 3. The van der Waals surface area contributed by atoms with Gasteiger partial charge in [0.05, 0.1) is 6.61 Å². The molecule has 3 rings (SSSR count). The highest BCUT2D eigenvalue weighted by molar-refractivity contribution is 5.23. The molecule has 116 valence electrons. The Morgan fingerprint density at radius 3 is 2.68 bits per heavy atom. The van der Waals surface area contributed by atoms with E-state index in [1.54, 1.807) is 18.2 Å². The van der Waals surface area contributed by atoms with E-state index in [-0.39, 0.29) is 17.7 Å². The predicted molar refractivity (Wildman–Crippen MR) is 83.4 cm³/mol. The second-order valence-corrected chi connectivity index (χ2v) is 5.45. The van der Waals surface area contributed by atoms with Gasteiger partial charge in [-0.2, -0.15) is 0 Å². The number of hydrogen-bond donors (Lipinski definition) is 0. The van der Waals surface area contributed by atoms with Crippen molar-refractivity contribution in [2.24, 2.45) is 0 Å². The van der Waals surface area contributed by atoms with Crippen molar-refractivity contribution in [2.75, 3.05) is 26.3 Å². The minimum Gasteiger partial charge on any atom is -0.488 e. The zero-order valence-corrected chi connectivity index (χ0v) is 12.5. The molecule has 22 heavy (non-hydrogen) atoms. The molecule has 3 nitrogen and oxygen atoms in total. The molecule has 0 aromatic heterocycles. The van der Waals surface area contributed by atoms with Crippen LogP contribution in [0.2, 0.25) is 0 Å². The normalized spacial score (nSPS) is 19.0. The fourth-order valence-corrected chi connectivity index (χ4v) is 2.61. The Morgan fingerprint density at radius 1 is 1.09 bits per heavy atom. The van der Waals surface area contributed by atoms with E-state index in [9.17, 15) is 4.39 Å². The highest BCUT2D eigenvalue weighted by Crippen LogP contribution is 2.17. The fourth-order valence-electron chi connectivity index (χ4n) is 2.61. The zero-order chi connectivity index (χ0) is 15.2. The third kappa shape index (κ3) is 4.06. The molecule has 0 spiro atoms. The Bertz CT molecular complexity index is 591. The summed E-state index contributed by atoms with van der Waals surface area (Å²) in [7, 11) is 0. The van der Waals surface area contributed by atoms with Crippen LogP contribution in [0.4, 0.5) is 4.39 Å². The molecule has 1 heterocycles. The Morgan fingerprint density at radius 2 is 1.86 bits per heavy atom. The lowest BCUT2D eigenvalue weighted by atomic mass is 10.2.